The van der Waals surface area contributed by atoms with Crippen LogP contribution < -0.4 is 9.47 Å². The van der Waals surface area contributed by atoms with E-state index in [2.05, 4.69) is 16.8 Å². The van der Waals surface area contributed by atoms with Crippen LogP contribution in [0, 0.1) is 13.8 Å². The maximum Gasteiger partial charge on any atom is 0.257 e. The standard InChI is InChI=1S/C19H25N3O3S/c1-13-14(2)26-17(20-13)12-21-8-10-22(11-9-21)19(23)15-6-5-7-16(24-3)18(15)25-4/h5-7H,8-12H2,1-4H3. The molecule has 2 aromatic rings. The summed E-state index contributed by atoms with van der Waals surface area (Å²) in [5.41, 5.74) is 1.66. The fourth-order valence-electron chi connectivity index (χ4n) is 3.13. The minimum atomic E-state index is -0.0127. The van der Waals surface area contributed by atoms with E-state index in [9.17, 15) is 4.79 Å². The summed E-state index contributed by atoms with van der Waals surface area (Å²) in [6, 6.07) is 5.40. The van der Waals surface area contributed by atoms with Crippen LogP contribution in [0.25, 0.3) is 0 Å². The molecular weight excluding hydrogens is 350 g/mol. The summed E-state index contributed by atoms with van der Waals surface area (Å²) in [6.45, 7) is 8.09. The number of aryl methyl sites for hydroxylation is 2. The first-order valence-corrected chi connectivity index (χ1v) is 9.50. The zero-order chi connectivity index (χ0) is 18.7. The summed E-state index contributed by atoms with van der Waals surface area (Å²) in [6.07, 6.45) is 0. The number of amides is 1. The Bertz CT molecular complexity index is 763. The molecule has 1 fully saturated rings. The van der Waals surface area contributed by atoms with Crippen molar-refractivity contribution in [2.24, 2.45) is 0 Å². The molecule has 0 N–H and O–H groups in total. The molecule has 26 heavy (non-hydrogen) atoms. The van der Waals surface area contributed by atoms with Crippen LogP contribution in [0.15, 0.2) is 18.2 Å². The number of aromatic nitrogens is 1. The summed E-state index contributed by atoms with van der Waals surface area (Å²) >= 11 is 1.76. The number of thiazole rings is 1. The quantitative estimate of drug-likeness (QED) is 0.804. The van der Waals surface area contributed by atoms with Crippen LogP contribution in [-0.4, -0.2) is 61.1 Å². The number of para-hydroxylation sites is 1. The van der Waals surface area contributed by atoms with Gasteiger partial charge in [0.2, 0.25) is 0 Å². The van der Waals surface area contributed by atoms with Crippen molar-refractivity contribution in [2.75, 3.05) is 40.4 Å². The number of nitrogens with zero attached hydrogens (tertiary/aromatic N) is 3. The highest BCUT2D eigenvalue weighted by molar-refractivity contribution is 7.11. The smallest absolute Gasteiger partial charge is 0.257 e. The molecule has 7 heteroatoms. The van der Waals surface area contributed by atoms with Crippen molar-refractivity contribution >= 4 is 17.2 Å². The first-order valence-electron chi connectivity index (χ1n) is 8.69. The van der Waals surface area contributed by atoms with Gasteiger partial charge in [-0.2, -0.15) is 0 Å². The van der Waals surface area contributed by atoms with Crippen molar-refractivity contribution in [3.8, 4) is 11.5 Å². The van der Waals surface area contributed by atoms with E-state index in [0.29, 0.717) is 30.2 Å². The predicted molar refractivity (Wildman–Crippen MR) is 102 cm³/mol. The monoisotopic (exact) mass is 375 g/mol. The molecule has 0 bridgehead atoms. The van der Waals surface area contributed by atoms with E-state index in [-0.39, 0.29) is 5.91 Å². The van der Waals surface area contributed by atoms with E-state index >= 15 is 0 Å². The van der Waals surface area contributed by atoms with Gasteiger partial charge < -0.3 is 14.4 Å². The van der Waals surface area contributed by atoms with Gasteiger partial charge in [0, 0.05) is 31.1 Å². The zero-order valence-electron chi connectivity index (χ0n) is 15.7. The molecule has 0 aliphatic carbocycles. The number of carbonyl (C=O) groups is 1. The highest BCUT2D eigenvalue weighted by Gasteiger charge is 2.26. The lowest BCUT2D eigenvalue weighted by atomic mass is 10.1. The second-order valence-corrected chi connectivity index (χ2v) is 7.65. The number of ether oxygens (including phenoxy) is 2. The molecule has 0 saturated carbocycles. The van der Waals surface area contributed by atoms with Crippen LogP contribution >= 0.6 is 11.3 Å². The van der Waals surface area contributed by atoms with Gasteiger partial charge in [-0.05, 0) is 26.0 Å². The lowest BCUT2D eigenvalue weighted by molar-refractivity contribution is 0.0624. The lowest BCUT2D eigenvalue weighted by Gasteiger charge is -2.34. The Balaban J connectivity index is 1.63. The molecule has 0 atom stereocenters. The van der Waals surface area contributed by atoms with Crippen LogP contribution in [0.4, 0.5) is 0 Å². The van der Waals surface area contributed by atoms with Crippen molar-refractivity contribution in [3.05, 3.63) is 39.3 Å². The molecule has 6 nitrogen and oxygen atoms in total. The van der Waals surface area contributed by atoms with Crippen LogP contribution in [0.1, 0.15) is 25.9 Å². The van der Waals surface area contributed by atoms with E-state index in [0.717, 1.165) is 30.3 Å². The Labute approximate surface area is 158 Å². The molecular formula is C19H25N3O3S. The van der Waals surface area contributed by atoms with Crippen molar-refractivity contribution in [1.29, 1.82) is 0 Å². The predicted octanol–water partition coefficient (Wildman–Crippen LogP) is 2.74. The second-order valence-electron chi connectivity index (χ2n) is 6.36. The summed E-state index contributed by atoms with van der Waals surface area (Å²) < 4.78 is 10.7. The van der Waals surface area contributed by atoms with Gasteiger partial charge in [-0.15, -0.1) is 11.3 Å². The molecule has 1 aliphatic rings. The van der Waals surface area contributed by atoms with Gasteiger partial charge in [-0.1, -0.05) is 6.07 Å². The van der Waals surface area contributed by atoms with Crippen molar-refractivity contribution in [1.82, 2.24) is 14.8 Å². The number of hydrogen-bond acceptors (Lipinski definition) is 6. The van der Waals surface area contributed by atoms with Crippen LogP contribution in [0.5, 0.6) is 11.5 Å². The van der Waals surface area contributed by atoms with Gasteiger partial charge in [0.05, 0.1) is 32.0 Å². The summed E-state index contributed by atoms with van der Waals surface area (Å²) in [7, 11) is 3.14. The normalized spacial score (nSPS) is 15.2. The van der Waals surface area contributed by atoms with Crippen LogP contribution in [0.2, 0.25) is 0 Å². The molecule has 1 aromatic carbocycles. The molecule has 1 aromatic heterocycles. The third-order valence-corrected chi connectivity index (χ3v) is 5.78. The Kier molecular flexibility index (Phi) is 5.78. The summed E-state index contributed by atoms with van der Waals surface area (Å²) in [4.78, 5) is 23.0. The maximum atomic E-state index is 12.9. The van der Waals surface area contributed by atoms with Crippen molar-refractivity contribution in [2.45, 2.75) is 20.4 Å². The highest BCUT2D eigenvalue weighted by atomic mass is 32.1. The second kappa shape index (κ2) is 8.05. The largest absolute Gasteiger partial charge is 0.493 e. The molecule has 1 aliphatic heterocycles. The van der Waals surface area contributed by atoms with Crippen molar-refractivity contribution < 1.29 is 14.3 Å². The van der Waals surface area contributed by atoms with Gasteiger partial charge in [0.25, 0.3) is 5.91 Å². The minimum absolute atomic E-state index is 0.0127. The van der Waals surface area contributed by atoms with E-state index in [1.54, 1.807) is 37.7 Å². The molecule has 1 amide bonds. The Morgan fingerprint density at radius 1 is 1.15 bits per heavy atom. The fraction of sp³-hybridized carbons (Fsp3) is 0.474. The Hall–Kier alpha value is -2.12. The number of benzene rings is 1. The van der Waals surface area contributed by atoms with Crippen molar-refractivity contribution in [3.63, 3.8) is 0 Å². The van der Waals surface area contributed by atoms with E-state index in [1.165, 1.54) is 4.88 Å². The Morgan fingerprint density at radius 2 is 1.88 bits per heavy atom. The molecule has 1 saturated heterocycles. The van der Waals surface area contributed by atoms with Gasteiger partial charge in [-0.3, -0.25) is 9.69 Å². The first-order chi connectivity index (χ1) is 12.5. The Morgan fingerprint density at radius 3 is 2.46 bits per heavy atom. The third-order valence-electron chi connectivity index (χ3n) is 4.72. The third kappa shape index (κ3) is 3.83. The molecule has 0 radical (unpaired) electrons. The number of piperazine rings is 1. The van der Waals surface area contributed by atoms with E-state index < -0.39 is 0 Å². The average Bonchev–Trinajstić information content (AvgIpc) is 2.98. The molecule has 3 rings (SSSR count). The van der Waals surface area contributed by atoms with Gasteiger partial charge in [0.15, 0.2) is 11.5 Å². The molecule has 0 spiro atoms. The van der Waals surface area contributed by atoms with Crippen LogP contribution in [0.3, 0.4) is 0 Å². The molecule has 2 heterocycles. The first kappa shape index (κ1) is 18.7. The number of hydrogen-bond donors (Lipinski definition) is 0. The molecule has 0 unspecified atom stereocenters. The highest BCUT2D eigenvalue weighted by Crippen LogP contribution is 2.31. The summed E-state index contributed by atoms with van der Waals surface area (Å²) in [5, 5.41) is 1.15. The number of methoxy groups -OCH3 is 2. The van der Waals surface area contributed by atoms with Gasteiger partial charge in [-0.25, -0.2) is 4.98 Å². The minimum Gasteiger partial charge on any atom is -0.493 e. The maximum absolute atomic E-state index is 12.9. The topological polar surface area (TPSA) is 54.9 Å². The molecule has 140 valence electrons. The lowest BCUT2D eigenvalue weighted by Crippen LogP contribution is -2.48. The SMILES string of the molecule is COc1cccc(C(=O)N2CCN(Cc3nc(C)c(C)s3)CC2)c1OC. The average molecular weight is 375 g/mol. The number of rotatable bonds is 5. The van der Waals surface area contributed by atoms with Gasteiger partial charge >= 0.3 is 0 Å². The van der Waals surface area contributed by atoms with Gasteiger partial charge in [0.1, 0.15) is 5.01 Å². The zero-order valence-corrected chi connectivity index (χ0v) is 16.6. The number of carbonyl (C=O) groups excluding carboxylic acids is 1. The van der Waals surface area contributed by atoms with Crippen LogP contribution in [-0.2, 0) is 6.54 Å². The van der Waals surface area contributed by atoms with E-state index in [1.807, 2.05) is 17.9 Å². The summed E-state index contributed by atoms with van der Waals surface area (Å²) in [5.74, 6) is 1.06. The van der Waals surface area contributed by atoms with E-state index in [4.69, 9.17) is 9.47 Å². The fourth-order valence-corrected chi connectivity index (χ4v) is 4.11.